The van der Waals surface area contributed by atoms with E-state index in [0.29, 0.717) is 78.8 Å². The summed E-state index contributed by atoms with van der Waals surface area (Å²) in [5.41, 5.74) is 4.38. The monoisotopic (exact) mass is 808 g/mol. The molecular formula is C44H43F3N6O6. The van der Waals surface area contributed by atoms with Gasteiger partial charge in [0.15, 0.2) is 0 Å². The summed E-state index contributed by atoms with van der Waals surface area (Å²) in [6, 6.07) is 14.9. The minimum absolute atomic E-state index is 0.0981. The second-order valence-electron chi connectivity index (χ2n) is 15.3. The number of alkyl halides is 3. The number of ether oxygens (including phenoxy) is 2. The van der Waals surface area contributed by atoms with Crippen LogP contribution < -0.4 is 30.6 Å². The SMILES string of the molecule is COc1cc(-c2cn(C)c(=O)c3cnccc23)cc(OC)c1C(=O)N1CCc2cc(C3CCN(c4ccc(NC5CCC(=O)NC5=O)cc4C(F)(F)F)CC3)ccc2C1. The third kappa shape index (κ3) is 7.68. The molecule has 0 saturated carbocycles. The van der Waals surface area contributed by atoms with Gasteiger partial charge in [0.05, 0.1) is 25.2 Å². The van der Waals surface area contributed by atoms with Crippen molar-refractivity contribution in [2.24, 2.45) is 7.05 Å². The average molecular weight is 809 g/mol. The molecule has 3 aromatic carbocycles. The van der Waals surface area contributed by atoms with Gasteiger partial charge in [0.1, 0.15) is 23.1 Å². The molecule has 2 aromatic heterocycles. The molecule has 0 spiro atoms. The highest BCUT2D eigenvalue weighted by molar-refractivity contribution is 6.03. The molecule has 5 aromatic rings. The van der Waals surface area contributed by atoms with Gasteiger partial charge in [-0.25, -0.2) is 0 Å². The molecule has 3 aliphatic rings. The van der Waals surface area contributed by atoms with Crippen LogP contribution in [0, 0.1) is 0 Å². The summed E-state index contributed by atoms with van der Waals surface area (Å²) in [6.45, 7) is 1.72. The molecule has 2 fully saturated rings. The number of aryl methyl sites for hydroxylation is 1. The first-order chi connectivity index (χ1) is 28.3. The smallest absolute Gasteiger partial charge is 0.418 e. The molecule has 0 aliphatic carbocycles. The van der Waals surface area contributed by atoms with Crippen LogP contribution in [0.2, 0.25) is 0 Å². The average Bonchev–Trinajstić information content (AvgIpc) is 3.24. The number of pyridine rings is 2. The first-order valence-corrected chi connectivity index (χ1v) is 19.5. The molecule has 1 unspecified atom stereocenters. The maximum Gasteiger partial charge on any atom is 0.418 e. The highest BCUT2D eigenvalue weighted by Crippen LogP contribution is 2.42. The number of nitrogens with one attached hydrogen (secondary N) is 2. The third-order valence-electron chi connectivity index (χ3n) is 11.7. The Bertz CT molecular complexity index is 2520. The molecule has 5 heterocycles. The summed E-state index contributed by atoms with van der Waals surface area (Å²) < 4.78 is 56.2. The number of carbonyl (C=O) groups excluding carboxylic acids is 3. The third-order valence-corrected chi connectivity index (χ3v) is 11.7. The van der Waals surface area contributed by atoms with Crippen LogP contribution in [0.5, 0.6) is 11.5 Å². The van der Waals surface area contributed by atoms with Crippen LogP contribution in [-0.2, 0) is 35.8 Å². The van der Waals surface area contributed by atoms with E-state index in [2.05, 4.69) is 27.8 Å². The molecule has 306 valence electrons. The second-order valence-corrected chi connectivity index (χ2v) is 15.3. The van der Waals surface area contributed by atoms with Gasteiger partial charge in [-0.2, -0.15) is 13.2 Å². The normalized spacial score (nSPS) is 17.4. The van der Waals surface area contributed by atoms with Crippen molar-refractivity contribution in [1.82, 2.24) is 19.8 Å². The van der Waals surface area contributed by atoms with Gasteiger partial charge < -0.3 is 29.2 Å². The van der Waals surface area contributed by atoms with Crippen LogP contribution in [0.4, 0.5) is 24.5 Å². The van der Waals surface area contributed by atoms with E-state index in [1.807, 2.05) is 6.07 Å². The first kappa shape index (κ1) is 39.4. The molecule has 2 saturated heterocycles. The minimum Gasteiger partial charge on any atom is -0.496 e. The quantitative estimate of drug-likeness (QED) is 0.170. The van der Waals surface area contributed by atoms with Gasteiger partial charge in [0.25, 0.3) is 11.5 Å². The van der Waals surface area contributed by atoms with Crippen LogP contribution >= 0.6 is 0 Å². The summed E-state index contributed by atoms with van der Waals surface area (Å²) in [7, 11) is 4.69. The zero-order valence-corrected chi connectivity index (χ0v) is 32.8. The summed E-state index contributed by atoms with van der Waals surface area (Å²) in [4.78, 5) is 58.4. The number of fused-ring (bicyclic) bond motifs is 2. The highest BCUT2D eigenvalue weighted by Gasteiger charge is 2.37. The predicted molar refractivity (Wildman–Crippen MR) is 216 cm³/mol. The van der Waals surface area contributed by atoms with Crippen LogP contribution in [0.1, 0.15) is 64.2 Å². The molecule has 2 N–H and O–H groups in total. The fourth-order valence-corrected chi connectivity index (χ4v) is 8.59. The van der Waals surface area contributed by atoms with E-state index in [1.54, 1.807) is 59.7 Å². The maximum atomic E-state index is 14.4. The van der Waals surface area contributed by atoms with Crippen molar-refractivity contribution in [3.8, 4) is 22.6 Å². The number of imide groups is 1. The summed E-state index contributed by atoms with van der Waals surface area (Å²) in [5.74, 6) is -0.339. The van der Waals surface area contributed by atoms with Gasteiger partial charge in [-0.3, -0.25) is 29.5 Å². The first-order valence-electron chi connectivity index (χ1n) is 19.5. The van der Waals surface area contributed by atoms with Crippen molar-refractivity contribution in [2.75, 3.05) is 44.1 Å². The fourth-order valence-electron chi connectivity index (χ4n) is 8.59. The number of benzene rings is 3. The summed E-state index contributed by atoms with van der Waals surface area (Å²) in [6.07, 6.45) is 2.58. The van der Waals surface area contributed by atoms with Crippen LogP contribution in [-0.4, -0.2) is 72.1 Å². The molecule has 3 aliphatic heterocycles. The number of anilines is 2. The largest absolute Gasteiger partial charge is 0.496 e. The number of hydrogen-bond donors (Lipinski definition) is 2. The zero-order valence-electron chi connectivity index (χ0n) is 32.8. The second kappa shape index (κ2) is 15.8. The van der Waals surface area contributed by atoms with Gasteiger partial charge in [0, 0.05) is 75.2 Å². The van der Waals surface area contributed by atoms with Crippen molar-refractivity contribution in [1.29, 1.82) is 0 Å². The number of aromatic nitrogens is 2. The van der Waals surface area contributed by atoms with Crippen molar-refractivity contribution < 1.29 is 37.0 Å². The highest BCUT2D eigenvalue weighted by atomic mass is 19.4. The number of piperidine rings is 2. The lowest BCUT2D eigenvalue weighted by atomic mass is 9.86. The lowest BCUT2D eigenvalue weighted by molar-refractivity contribution is -0.137. The number of halogens is 3. The minimum atomic E-state index is -4.61. The van der Waals surface area contributed by atoms with Gasteiger partial charge in [-0.05, 0) is 95.6 Å². The van der Waals surface area contributed by atoms with E-state index < -0.39 is 29.6 Å². The van der Waals surface area contributed by atoms with Crippen molar-refractivity contribution in [3.05, 3.63) is 111 Å². The Balaban J connectivity index is 0.957. The number of hydrogen-bond acceptors (Lipinski definition) is 9. The molecule has 3 amide bonds. The Kier molecular flexibility index (Phi) is 10.5. The fraction of sp³-hybridized carbons (Fsp3) is 0.341. The van der Waals surface area contributed by atoms with Gasteiger partial charge >= 0.3 is 6.18 Å². The van der Waals surface area contributed by atoms with Crippen LogP contribution in [0.3, 0.4) is 0 Å². The van der Waals surface area contributed by atoms with E-state index >= 15 is 0 Å². The number of carbonyl (C=O) groups is 3. The number of methoxy groups -OCH3 is 2. The van der Waals surface area contributed by atoms with Gasteiger partial charge in [0.2, 0.25) is 11.8 Å². The van der Waals surface area contributed by atoms with Gasteiger partial charge in [-0.1, -0.05) is 18.2 Å². The molecule has 1 atom stereocenters. The van der Waals surface area contributed by atoms with Crippen LogP contribution in [0.25, 0.3) is 21.9 Å². The Hall–Kier alpha value is -6.38. The standard InChI is InChI=1S/C44H43F3N6O6/c1-51-24-33(31-10-14-48-22-32(31)42(51)56)29-19-37(58-2)40(38(20-29)59-3)43(57)53-17-13-27-18-26(4-5-28(27)23-53)25-11-15-52(16-12-25)36-8-6-30(21-34(36)44(45,46)47)49-35-7-9-39(54)50-41(35)55/h4-6,8,10,14,18-22,24-25,35,49H,7,9,11-13,15-17,23H2,1-3H3,(H,50,54,55). The number of amides is 3. The van der Waals surface area contributed by atoms with E-state index in [0.717, 1.165) is 28.3 Å². The molecule has 0 bridgehead atoms. The zero-order chi connectivity index (χ0) is 41.6. The van der Waals surface area contributed by atoms with E-state index in [4.69, 9.17) is 9.47 Å². The topological polar surface area (TPSA) is 135 Å². The molecule has 12 nitrogen and oxygen atoms in total. The van der Waals surface area contributed by atoms with E-state index in [9.17, 15) is 32.3 Å². The predicted octanol–water partition coefficient (Wildman–Crippen LogP) is 6.44. The number of rotatable bonds is 8. The Morgan fingerprint density at radius 1 is 0.881 bits per heavy atom. The maximum absolute atomic E-state index is 14.4. The molecule has 59 heavy (non-hydrogen) atoms. The molecule has 15 heteroatoms. The lowest BCUT2D eigenvalue weighted by Gasteiger charge is -2.36. The van der Waals surface area contributed by atoms with Crippen LogP contribution in [0.15, 0.2) is 78.0 Å². The molecule has 8 rings (SSSR count). The van der Waals surface area contributed by atoms with Crippen molar-refractivity contribution in [3.63, 3.8) is 0 Å². The molecule has 0 radical (unpaired) electrons. The summed E-state index contributed by atoms with van der Waals surface area (Å²) >= 11 is 0. The molecular weight excluding hydrogens is 766 g/mol. The van der Waals surface area contributed by atoms with E-state index in [1.165, 1.54) is 24.9 Å². The Labute approximate surface area is 337 Å². The van der Waals surface area contributed by atoms with Crippen molar-refractivity contribution in [2.45, 2.75) is 56.8 Å². The van der Waals surface area contributed by atoms with Gasteiger partial charge in [-0.15, -0.1) is 0 Å². The number of nitrogens with zero attached hydrogens (tertiary/aromatic N) is 4. The summed E-state index contributed by atoms with van der Waals surface area (Å²) in [5, 5.41) is 6.27. The van der Waals surface area contributed by atoms with E-state index in [-0.39, 0.29) is 41.6 Å². The van der Waals surface area contributed by atoms with Crippen molar-refractivity contribution >= 4 is 39.9 Å². The lowest BCUT2D eigenvalue weighted by Crippen LogP contribution is -2.47. The Morgan fingerprint density at radius 3 is 2.32 bits per heavy atom. The Morgan fingerprint density at radius 2 is 1.63 bits per heavy atom.